The average molecular weight is 377 g/mol. The molecule has 0 radical (unpaired) electrons. The number of likely N-dealkylation sites (N-methyl/N-ethyl adjacent to an activating group) is 1. The fourth-order valence-corrected chi connectivity index (χ4v) is 5.20. The molecule has 1 N–H and O–H groups in total. The molecular weight excluding hydrogens is 351 g/mol. The van der Waals surface area contributed by atoms with Crippen molar-refractivity contribution in [2.24, 2.45) is 17.8 Å². The minimum absolute atomic E-state index is 0.0296. The molecule has 1 saturated carbocycles. The van der Waals surface area contributed by atoms with Crippen molar-refractivity contribution in [3.05, 3.63) is 11.3 Å². The fraction of sp³-hybridized carbons (Fsp3) is 0.889. The van der Waals surface area contributed by atoms with Gasteiger partial charge in [0.05, 0.1) is 0 Å². The van der Waals surface area contributed by atoms with Crippen molar-refractivity contribution < 1.29 is 32.4 Å². The maximum absolute atomic E-state index is 13.8. The maximum Gasteiger partial charge on any atom is 0.449 e. The molecule has 3 saturated heterocycles. The van der Waals surface area contributed by atoms with E-state index in [1.807, 2.05) is 6.92 Å². The molecule has 5 aliphatic rings. The highest BCUT2D eigenvalue weighted by atomic mass is 19.4. The molecule has 26 heavy (non-hydrogen) atoms. The maximum atomic E-state index is 13.8. The SMILES string of the molecule is CCNCC1=C(C(F)(F)F)O[C@@H]2O[C@]3(C)CCC4[C@H](C)CC[C@@H]1[C@]42OO3. The van der Waals surface area contributed by atoms with Gasteiger partial charge in [0.2, 0.25) is 17.8 Å². The van der Waals surface area contributed by atoms with Gasteiger partial charge in [0, 0.05) is 24.8 Å². The molecular formula is C18H26F3NO4. The van der Waals surface area contributed by atoms with Crippen molar-refractivity contribution in [2.45, 2.75) is 70.3 Å². The first-order chi connectivity index (χ1) is 12.2. The number of allylic oxidation sites excluding steroid dienone is 1. The molecule has 8 heteroatoms. The van der Waals surface area contributed by atoms with E-state index in [-0.39, 0.29) is 18.0 Å². The van der Waals surface area contributed by atoms with Crippen LogP contribution < -0.4 is 5.32 Å². The summed E-state index contributed by atoms with van der Waals surface area (Å²) in [5.74, 6) is -2.11. The minimum atomic E-state index is -4.57. The lowest BCUT2D eigenvalue weighted by Crippen LogP contribution is -2.67. The van der Waals surface area contributed by atoms with Gasteiger partial charge in [0.1, 0.15) is 0 Å². The van der Waals surface area contributed by atoms with Crippen molar-refractivity contribution in [3.63, 3.8) is 0 Å². The van der Waals surface area contributed by atoms with E-state index < -0.39 is 35.5 Å². The molecule has 4 heterocycles. The molecule has 1 unspecified atom stereocenters. The molecule has 5 nitrogen and oxygen atoms in total. The van der Waals surface area contributed by atoms with Crippen LogP contribution in [0.15, 0.2) is 11.3 Å². The molecule has 4 aliphatic heterocycles. The van der Waals surface area contributed by atoms with Crippen LogP contribution in [0, 0.1) is 17.8 Å². The van der Waals surface area contributed by atoms with Crippen molar-refractivity contribution in [1.29, 1.82) is 0 Å². The van der Waals surface area contributed by atoms with Gasteiger partial charge in [-0.3, -0.25) is 0 Å². The lowest BCUT2D eigenvalue weighted by atomic mass is 9.59. The summed E-state index contributed by atoms with van der Waals surface area (Å²) in [6.07, 6.45) is -2.87. The third-order valence-corrected chi connectivity index (χ3v) is 6.48. The summed E-state index contributed by atoms with van der Waals surface area (Å²) < 4.78 is 52.8. The van der Waals surface area contributed by atoms with Crippen molar-refractivity contribution in [3.8, 4) is 0 Å². The van der Waals surface area contributed by atoms with Crippen LogP contribution in [0.3, 0.4) is 0 Å². The number of hydrogen-bond acceptors (Lipinski definition) is 5. The van der Waals surface area contributed by atoms with E-state index in [2.05, 4.69) is 12.2 Å². The Kier molecular flexibility index (Phi) is 4.34. The molecule has 1 aliphatic carbocycles. The summed E-state index contributed by atoms with van der Waals surface area (Å²) in [6, 6.07) is 0. The average Bonchev–Trinajstić information content (AvgIpc) is 2.80. The second kappa shape index (κ2) is 6.09. The van der Waals surface area contributed by atoms with Gasteiger partial charge in [-0.25, -0.2) is 9.78 Å². The smallest absolute Gasteiger partial charge is 0.449 e. The second-order valence-corrected chi connectivity index (χ2v) is 8.11. The first-order valence-electron chi connectivity index (χ1n) is 9.43. The van der Waals surface area contributed by atoms with Crippen molar-refractivity contribution in [2.75, 3.05) is 13.1 Å². The largest absolute Gasteiger partial charge is 0.456 e. The Morgan fingerprint density at radius 3 is 2.65 bits per heavy atom. The summed E-state index contributed by atoms with van der Waals surface area (Å²) in [5, 5.41) is 3.03. The van der Waals surface area contributed by atoms with Gasteiger partial charge < -0.3 is 14.8 Å². The third kappa shape index (κ3) is 2.60. The minimum Gasteiger partial charge on any atom is -0.456 e. The van der Waals surface area contributed by atoms with Gasteiger partial charge in [0.25, 0.3) is 0 Å². The number of halogens is 3. The van der Waals surface area contributed by atoms with Gasteiger partial charge in [0.15, 0.2) is 5.60 Å². The highest BCUT2D eigenvalue weighted by Gasteiger charge is 2.70. The van der Waals surface area contributed by atoms with E-state index in [0.717, 1.165) is 12.8 Å². The summed E-state index contributed by atoms with van der Waals surface area (Å²) >= 11 is 0. The van der Waals surface area contributed by atoms with E-state index in [9.17, 15) is 13.2 Å². The first-order valence-corrected chi connectivity index (χ1v) is 9.43. The Bertz CT molecular complexity index is 610. The molecule has 0 aromatic carbocycles. The van der Waals surface area contributed by atoms with Gasteiger partial charge in [-0.15, -0.1) is 0 Å². The predicted octanol–water partition coefficient (Wildman–Crippen LogP) is 3.66. The Morgan fingerprint density at radius 2 is 1.96 bits per heavy atom. The molecule has 0 aromatic heterocycles. The quantitative estimate of drug-likeness (QED) is 0.761. The number of nitrogens with one attached hydrogen (secondary N) is 1. The zero-order valence-corrected chi connectivity index (χ0v) is 15.3. The van der Waals surface area contributed by atoms with Crippen LogP contribution in [0.25, 0.3) is 0 Å². The summed E-state index contributed by atoms with van der Waals surface area (Å²) in [7, 11) is 0. The number of alkyl halides is 3. The summed E-state index contributed by atoms with van der Waals surface area (Å²) in [4.78, 5) is 11.5. The molecule has 1 spiro atoms. The van der Waals surface area contributed by atoms with E-state index in [4.69, 9.17) is 19.2 Å². The Hall–Kier alpha value is -0.830. The van der Waals surface area contributed by atoms with Crippen LogP contribution in [-0.4, -0.2) is 36.9 Å². The van der Waals surface area contributed by atoms with E-state index >= 15 is 0 Å². The molecule has 2 bridgehead atoms. The zero-order chi connectivity index (χ0) is 18.7. The number of ether oxygens (including phenoxy) is 2. The highest BCUT2D eigenvalue weighted by Crippen LogP contribution is 2.61. The number of rotatable bonds is 3. The van der Waals surface area contributed by atoms with Crippen LogP contribution in [0.5, 0.6) is 0 Å². The molecule has 6 atom stereocenters. The summed E-state index contributed by atoms with van der Waals surface area (Å²) in [5.41, 5.74) is -0.794. The van der Waals surface area contributed by atoms with Crippen LogP contribution in [0.1, 0.15) is 46.5 Å². The Labute approximate surface area is 151 Å². The lowest BCUT2D eigenvalue weighted by Gasteiger charge is -2.57. The zero-order valence-electron chi connectivity index (χ0n) is 15.3. The Balaban J connectivity index is 1.85. The Morgan fingerprint density at radius 1 is 1.19 bits per heavy atom. The highest BCUT2D eigenvalue weighted by molar-refractivity contribution is 5.29. The lowest BCUT2D eigenvalue weighted by molar-refractivity contribution is -0.557. The number of hydrogen-bond donors (Lipinski definition) is 1. The topological polar surface area (TPSA) is 49.0 Å². The standard InChI is InChI=1S/C18H26F3NO4/c1-4-22-9-11-13-6-5-10(2)12-7-8-16(3)24-15(17(12,13)26-25-16)23-14(11)18(19,20)21/h10,12-13,15,22H,4-9H2,1-3H3/t10-,12?,13+,15-,16+,17-/m1/s1. The van der Waals surface area contributed by atoms with Crippen LogP contribution in [0.4, 0.5) is 13.2 Å². The molecule has 0 aromatic rings. The fourth-order valence-electron chi connectivity index (χ4n) is 5.20. The van der Waals surface area contributed by atoms with Gasteiger partial charge >= 0.3 is 6.18 Å². The van der Waals surface area contributed by atoms with Crippen molar-refractivity contribution in [1.82, 2.24) is 5.32 Å². The summed E-state index contributed by atoms with van der Waals surface area (Å²) in [6.45, 7) is 6.38. The molecule has 5 rings (SSSR count). The van der Waals surface area contributed by atoms with Gasteiger partial charge in [-0.1, -0.05) is 13.8 Å². The van der Waals surface area contributed by atoms with Crippen LogP contribution in [-0.2, 0) is 19.2 Å². The molecule has 4 fully saturated rings. The normalized spacial score (nSPS) is 45.2. The van der Waals surface area contributed by atoms with Crippen LogP contribution in [0.2, 0.25) is 0 Å². The third-order valence-electron chi connectivity index (χ3n) is 6.48. The molecule has 148 valence electrons. The first kappa shape index (κ1) is 18.5. The van der Waals surface area contributed by atoms with Gasteiger partial charge in [-0.05, 0) is 44.2 Å². The molecule has 0 amide bonds. The monoisotopic (exact) mass is 377 g/mol. The van der Waals surface area contributed by atoms with Gasteiger partial charge in [-0.2, -0.15) is 13.2 Å². The van der Waals surface area contributed by atoms with E-state index in [0.29, 0.717) is 25.3 Å². The predicted molar refractivity (Wildman–Crippen MR) is 85.5 cm³/mol. The van der Waals surface area contributed by atoms with Crippen LogP contribution >= 0.6 is 0 Å². The second-order valence-electron chi connectivity index (χ2n) is 8.11. The van der Waals surface area contributed by atoms with E-state index in [1.165, 1.54) is 0 Å². The van der Waals surface area contributed by atoms with Crippen molar-refractivity contribution >= 4 is 0 Å². The van der Waals surface area contributed by atoms with E-state index in [1.54, 1.807) is 6.92 Å². The number of fused-ring (bicyclic) bond motifs is 2.